The van der Waals surface area contributed by atoms with Gasteiger partial charge in [-0.25, -0.2) is 0 Å². The molecular formula is C15H12ClN3. The Labute approximate surface area is 116 Å². The van der Waals surface area contributed by atoms with Crippen molar-refractivity contribution in [2.75, 3.05) is 11.1 Å². The third-order valence-corrected chi connectivity index (χ3v) is 3.27. The lowest BCUT2D eigenvalue weighted by molar-refractivity contribution is 1.40. The van der Waals surface area contributed by atoms with Crippen molar-refractivity contribution in [2.24, 2.45) is 0 Å². The Bertz CT molecular complexity index is 740. The molecule has 3 nitrogen and oxygen atoms in total. The lowest BCUT2D eigenvalue weighted by Gasteiger charge is -2.13. The summed E-state index contributed by atoms with van der Waals surface area (Å²) in [4.78, 5) is 4.31. The first kappa shape index (κ1) is 11.8. The number of aromatic nitrogens is 1. The molecule has 0 radical (unpaired) electrons. The van der Waals surface area contributed by atoms with Gasteiger partial charge in [-0.15, -0.1) is 0 Å². The van der Waals surface area contributed by atoms with Crippen LogP contribution in [-0.2, 0) is 0 Å². The van der Waals surface area contributed by atoms with Crippen LogP contribution < -0.4 is 11.1 Å². The first-order valence-corrected chi connectivity index (χ1v) is 6.28. The summed E-state index contributed by atoms with van der Waals surface area (Å²) >= 11 is 6.16. The first-order chi connectivity index (χ1) is 9.25. The molecule has 0 saturated carbocycles. The SMILES string of the molecule is Nc1cnc2ccccc2c1Nc1ccccc1Cl. The van der Waals surface area contributed by atoms with Gasteiger partial charge in [0.15, 0.2) is 0 Å². The number of pyridine rings is 1. The van der Waals surface area contributed by atoms with E-state index in [-0.39, 0.29) is 0 Å². The number of rotatable bonds is 2. The molecule has 0 aliphatic rings. The van der Waals surface area contributed by atoms with Crippen LogP contribution in [0, 0.1) is 0 Å². The van der Waals surface area contributed by atoms with Crippen LogP contribution in [0.2, 0.25) is 5.02 Å². The number of hydrogen-bond acceptors (Lipinski definition) is 3. The van der Waals surface area contributed by atoms with Crippen LogP contribution in [0.5, 0.6) is 0 Å². The largest absolute Gasteiger partial charge is 0.396 e. The van der Waals surface area contributed by atoms with E-state index in [0.29, 0.717) is 10.7 Å². The van der Waals surface area contributed by atoms with Crippen LogP contribution in [0.1, 0.15) is 0 Å². The molecule has 19 heavy (non-hydrogen) atoms. The predicted molar refractivity (Wildman–Crippen MR) is 80.9 cm³/mol. The molecule has 94 valence electrons. The summed E-state index contributed by atoms with van der Waals surface area (Å²) in [5, 5.41) is 4.92. The average Bonchev–Trinajstić information content (AvgIpc) is 2.44. The normalized spacial score (nSPS) is 10.6. The van der Waals surface area contributed by atoms with Gasteiger partial charge in [0.1, 0.15) is 0 Å². The molecule has 0 spiro atoms. The molecule has 0 unspecified atom stereocenters. The van der Waals surface area contributed by atoms with Gasteiger partial charge in [0.25, 0.3) is 0 Å². The van der Waals surface area contributed by atoms with Crippen molar-refractivity contribution in [1.29, 1.82) is 0 Å². The van der Waals surface area contributed by atoms with Gasteiger partial charge < -0.3 is 11.1 Å². The molecular weight excluding hydrogens is 258 g/mol. The van der Waals surface area contributed by atoms with Gasteiger partial charge in [-0.3, -0.25) is 4.98 Å². The van der Waals surface area contributed by atoms with Crippen molar-refractivity contribution in [1.82, 2.24) is 4.98 Å². The lowest BCUT2D eigenvalue weighted by atomic mass is 10.1. The van der Waals surface area contributed by atoms with E-state index >= 15 is 0 Å². The van der Waals surface area contributed by atoms with Gasteiger partial charge in [0, 0.05) is 5.39 Å². The minimum Gasteiger partial charge on any atom is -0.396 e. The van der Waals surface area contributed by atoms with Crippen molar-refractivity contribution in [2.45, 2.75) is 0 Å². The van der Waals surface area contributed by atoms with Crippen LogP contribution in [0.4, 0.5) is 17.1 Å². The molecule has 0 aliphatic heterocycles. The summed E-state index contributed by atoms with van der Waals surface area (Å²) in [6.07, 6.45) is 1.65. The number of nitrogens with zero attached hydrogens (tertiary/aromatic N) is 1. The third-order valence-electron chi connectivity index (χ3n) is 2.94. The van der Waals surface area contributed by atoms with Crippen LogP contribution in [0.15, 0.2) is 54.7 Å². The van der Waals surface area contributed by atoms with Crippen molar-refractivity contribution in [3.05, 3.63) is 59.8 Å². The summed E-state index contributed by atoms with van der Waals surface area (Å²) < 4.78 is 0. The van der Waals surface area contributed by atoms with E-state index in [4.69, 9.17) is 17.3 Å². The zero-order valence-electron chi connectivity index (χ0n) is 10.1. The minimum absolute atomic E-state index is 0.596. The van der Waals surface area contributed by atoms with Crippen molar-refractivity contribution < 1.29 is 0 Å². The van der Waals surface area contributed by atoms with Gasteiger partial charge in [0.05, 0.1) is 33.8 Å². The molecule has 2 aromatic carbocycles. The van der Waals surface area contributed by atoms with Gasteiger partial charge in [-0.05, 0) is 18.2 Å². The highest BCUT2D eigenvalue weighted by molar-refractivity contribution is 6.33. The van der Waals surface area contributed by atoms with Gasteiger partial charge >= 0.3 is 0 Å². The van der Waals surface area contributed by atoms with E-state index in [1.165, 1.54) is 0 Å². The third kappa shape index (κ3) is 2.20. The Balaban J connectivity index is 2.15. The predicted octanol–water partition coefficient (Wildman–Crippen LogP) is 4.21. The van der Waals surface area contributed by atoms with E-state index in [9.17, 15) is 0 Å². The van der Waals surface area contributed by atoms with Crippen molar-refractivity contribution >= 4 is 39.6 Å². The molecule has 0 aliphatic carbocycles. The highest BCUT2D eigenvalue weighted by atomic mass is 35.5. The molecule has 0 bridgehead atoms. The highest BCUT2D eigenvalue weighted by Gasteiger charge is 2.08. The maximum atomic E-state index is 6.16. The lowest BCUT2D eigenvalue weighted by Crippen LogP contribution is -1.99. The van der Waals surface area contributed by atoms with Crippen molar-refractivity contribution in [3.63, 3.8) is 0 Å². The van der Waals surface area contributed by atoms with E-state index in [1.54, 1.807) is 6.20 Å². The number of fused-ring (bicyclic) bond motifs is 1. The second-order valence-electron chi connectivity index (χ2n) is 4.21. The topological polar surface area (TPSA) is 50.9 Å². The number of nitrogen functional groups attached to an aromatic ring is 1. The minimum atomic E-state index is 0.596. The van der Waals surface area contributed by atoms with Gasteiger partial charge in [-0.2, -0.15) is 0 Å². The fourth-order valence-corrected chi connectivity index (χ4v) is 2.18. The van der Waals surface area contributed by atoms with Gasteiger partial charge in [-0.1, -0.05) is 41.9 Å². The van der Waals surface area contributed by atoms with E-state index in [1.807, 2.05) is 48.5 Å². The van der Waals surface area contributed by atoms with E-state index < -0.39 is 0 Å². The average molecular weight is 270 g/mol. The molecule has 1 heterocycles. The zero-order valence-corrected chi connectivity index (χ0v) is 10.9. The van der Waals surface area contributed by atoms with Crippen LogP contribution in [0.25, 0.3) is 10.9 Å². The summed E-state index contributed by atoms with van der Waals surface area (Å²) in [6, 6.07) is 15.4. The zero-order chi connectivity index (χ0) is 13.2. The quantitative estimate of drug-likeness (QED) is 0.732. The highest BCUT2D eigenvalue weighted by Crippen LogP contribution is 2.32. The molecule has 4 heteroatoms. The van der Waals surface area contributed by atoms with Crippen LogP contribution in [-0.4, -0.2) is 4.98 Å². The fourth-order valence-electron chi connectivity index (χ4n) is 1.99. The number of nitrogens with one attached hydrogen (secondary N) is 1. The number of halogens is 1. The number of anilines is 3. The Morgan fingerprint density at radius 3 is 2.58 bits per heavy atom. The molecule has 3 N–H and O–H groups in total. The molecule has 3 aromatic rings. The summed E-state index contributed by atoms with van der Waals surface area (Å²) in [5.41, 5.74) is 9.17. The maximum absolute atomic E-state index is 6.16. The van der Waals surface area contributed by atoms with Crippen molar-refractivity contribution in [3.8, 4) is 0 Å². The summed E-state index contributed by atoms with van der Waals surface area (Å²) in [6.45, 7) is 0. The molecule has 3 rings (SSSR count). The Kier molecular flexibility index (Phi) is 2.97. The van der Waals surface area contributed by atoms with Gasteiger partial charge in [0.2, 0.25) is 0 Å². The Hall–Kier alpha value is -2.26. The van der Waals surface area contributed by atoms with E-state index in [2.05, 4.69) is 10.3 Å². The van der Waals surface area contributed by atoms with E-state index in [0.717, 1.165) is 22.3 Å². The number of nitrogens with two attached hydrogens (primary N) is 1. The summed E-state index contributed by atoms with van der Waals surface area (Å²) in [7, 11) is 0. The second kappa shape index (κ2) is 4.78. The molecule has 0 atom stereocenters. The maximum Gasteiger partial charge on any atom is 0.0746 e. The molecule has 0 amide bonds. The Morgan fingerprint density at radius 2 is 1.74 bits per heavy atom. The second-order valence-corrected chi connectivity index (χ2v) is 4.62. The molecule has 0 saturated heterocycles. The number of para-hydroxylation sites is 2. The summed E-state index contributed by atoms with van der Waals surface area (Å²) in [5.74, 6) is 0. The number of benzene rings is 2. The Morgan fingerprint density at radius 1 is 1.00 bits per heavy atom. The number of hydrogen-bond donors (Lipinski definition) is 2. The molecule has 0 fully saturated rings. The van der Waals surface area contributed by atoms with Crippen LogP contribution >= 0.6 is 11.6 Å². The standard InChI is InChI=1S/C15H12ClN3/c16-11-6-2-4-8-14(11)19-15-10-5-1-3-7-13(10)18-9-12(15)17/h1-9H,17H2,(H,18,19). The van der Waals surface area contributed by atoms with Crippen LogP contribution in [0.3, 0.4) is 0 Å². The fraction of sp³-hybridized carbons (Fsp3) is 0. The molecule has 1 aromatic heterocycles. The smallest absolute Gasteiger partial charge is 0.0746 e. The monoisotopic (exact) mass is 269 g/mol. The first-order valence-electron chi connectivity index (χ1n) is 5.90.